The Kier molecular flexibility index (Phi) is 2.53. The number of nitrogens with one attached hydrogen (secondary N) is 1. The average molecular weight is 192 g/mol. The first-order valence-corrected chi connectivity index (χ1v) is 4.57. The average Bonchev–Trinajstić information content (AvgIpc) is 2.62. The summed E-state index contributed by atoms with van der Waals surface area (Å²) >= 11 is 0. The van der Waals surface area contributed by atoms with Gasteiger partial charge in [0.2, 0.25) is 0 Å². The highest BCUT2D eigenvalue weighted by atomic mass is 16.5. The summed E-state index contributed by atoms with van der Waals surface area (Å²) in [7, 11) is 0. The van der Waals surface area contributed by atoms with Crippen LogP contribution in [0.15, 0.2) is 22.8 Å². The lowest BCUT2D eigenvalue weighted by Gasteiger charge is -2.34. The normalized spacial score (nSPS) is 18.5. The molecule has 1 aliphatic heterocycles. The Labute approximate surface area is 82.5 Å². The van der Waals surface area contributed by atoms with Crippen LogP contribution < -0.4 is 5.32 Å². The van der Waals surface area contributed by atoms with E-state index in [1.54, 1.807) is 6.26 Å². The molecule has 0 bridgehead atoms. The smallest absolute Gasteiger partial charge is 0.117 e. The summed E-state index contributed by atoms with van der Waals surface area (Å²) in [6.45, 7) is 2.39. The van der Waals surface area contributed by atoms with Crippen molar-refractivity contribution >= 4 is 0 Å². The highest BCUT2D eigenvalue weighted by Gasteiger charge is 2.38. The van der Waals surface area contributed by atoms with Crippen LogP contribution in [0.25, 0.3) is 0 Å². The second-order valence-electron chi connectivity index (χ2n) is 3.57. The van der Waals surface area contributed by atoms with Crippen molar-refractivity contribution in [2.24, 2.45) is 5.41 Å². The predicted octanol–water partition coefficient (Wildman–Crippen LogP) is 0.909. The molecule has 1 fully saturated rings. The number of nitriles is 1. The highest BCUT2D eigenvalue weighted by Crippen LogP contribution is 2.25. The molecule has 0 atom stereocenters. The van der Waals surface area contributed by atoms with E-state index in [9.17, 15) is 0 Å². The quantitative estimate of drug-likeness (QED) is 0.770. The van der Waals surface area contributed by atoms with Crippen molar-refractivity contribution in [2.75, 3.05) is 19.8 Å². The Morgan fingerprint density at radius 3 is 2.93 bits per heavy atom. The monoisotopic (exact) mass is 192 g/mol. The minimum Gasteiger partial charge on any atom is -0.468 e. The Morgan fingerprint density at radius 1 is 1.57 bits per heavy atom. The Balaban J connectivity index is 1.75. The van der Waals surface area contributed by atoms with Crippen LogP contribution in [0.2, 0.25) is 0 Å². The maximum atomic E-state index is 8.90. The minimum atomic E-state index is -0.313. The molecule has 4 heteroatoms. The van der Waals surface area contributed by atoms with Crippen molar-refractivity contribution in [3.63, 3.8) is 0 Å². The molecule has 0 spiro atoms. The zero-order valence-electron chi connectivity index (χ0n) is 7.82. The first kappa shape index (κ1) is 9.25. The van der Waals surface area contributed by atoms with E-state index in [0.29, 0.717) is 26.3 Å². The van der Waals surface area contributed by atoms with Gasteiger partial charge in [0.1, 0.15) is 11.2 Å². The van der Waals surface area contributed by atoms with Gasteiger partial charge < -0.3 is 14.5 Å². The zero-order valence-corrected chi connectivity index (χ0v) is 7.82. The predicted molar refractivity (Wildman–Crippen MR) is 49.3 cm³/mol. The lowest BCUT2D eigenvalue weighted by molar-refractivity contribution is -0.0756. The summed E-state index contributed by atoms with van der Waals surface area (Å²) in [5.74, 6) is 0.887. The zero-order chi connectivity index (χ0) is 9.86. The largest absolute Gasteiger partial charge is 0.468 e. The number of ether oxygens (including phenoxy) is 1. The molecule has 2 rings (SSSR count). The Bertz CT molecular complexity index is 322. The Morgan fingerprint density at radius 2 is 2.43 bits per heavy atom. The van der Waals surface area contributed by atoms with Gasteiger partial charge in [-0.25, -0.2) is 0 Å². The molecule has 14 heavy (non-hydrogen) atoms. The van der Waals surface area contributed by atoms with Crippen LogP contribution in [0, 0.1) is 16.7 Å². The molecule has 0 aliphatic carbocycles. The van der Waals surface area contributed by atoms with E-state index >= 15 is 0 Å². The molecule has 1 saturated heterocycles. The second-order valence-corrected chi connectivity index (χ2v) is 3.57. The van der Waals surface area contributed by atoms with Gasteiger partial charge in [-0.05, 0) is 12.1 Å². The lowest BCUT2D eigenvalue weighted by Crippen LogP contribution is -2.48. The van der Waals surface area contributed by atoms with Gasteiger partial charge in [-0.2, -0.15) is 5.26 Å². The molecule has 4 nitrogen and oxygen atoms in total. The molecule has 0 radical (unpaired) electrons. The second kappa shape index (κ2) is 3.82. The van der Waals surface area contributed by atoms with E-state index < -0.39 is 0 Å². The number of hydrogen-bond donors (Lipinski definition) is 1. The van der Waals surface area contributed by atoms with Crippen LogP contribution in [0.4, 0.5) is 0 Å². The van der Waals surface area contributed by atoms with E-state index in [4.69, 9.17) is 14.4 Å². The van der Waals surface area contributed by atoms with Gasteiger partial charge in [0, 0.05) is 6.54 Å². The maximum absolute atomic E-state index is 8.90. The van der Waals surface area contributed by atoms with Gasteiger partial charge in [0.25, 0.3) is 0 Å². The third kappa shape index (κ3) is 1.79. The standard InChI is InChI=1S/C10H12N2O2/c11-5-10(7-13-8-10)6-12-4-9-2-1-3-14-9/h1-3,12H,4,6-8H2. The van der Waals surface area contributed by atoms with Crippen LogP contribution >= 0.6 is 0 Å². The summed E-state index contributed by atoms with van der Waals surface area (Å²) in [5, 5.41) is 12.1. The van der Waals surface area contributed by atoms with E-state index in [0.717, 1.165) is 5.76 Å². The molecular formula is C10H12N2O2. The van der Waals surface area contributed by atoms with Crippen LogP contribution in [-0.2, 0) is 11.3 Å². The fraction of sp³-hybridized carbons (Fsp3) is 0.500. The molecular weight excluding hydrogens is 180 g/mol. The van der Waals surface area contributed by atoms with Gasteiger partial charge in [0.15, 0.2) is 0 Å². The number of hydrogen-bond acceptors (Lipinski definition) is 4. The summed E-state index contributed by atoms with van der Waals surface area (Å²) < 4.78 is 10.2. The van der Waals surface area contributed by atoms with Crippen molar-refractivity contribution in [1.82, 2.24) is 5.32 Å². The lowest BCUT2D eigenvalue weighted by atomic mass is 9.88. The van der Waals surface area contributed by atoms with E-state index in [2.05, 4.69) is 11.4 Å². The van der Waals surface area contributed by atoms with Crippen molar-refractivity contribution in [1.29, 1.82) is 5.26 Å². The topological polar surface area (TPSA) is 58.2 Å². The first-order valence-electron chi connectivity index (χ1n) is 4.57. The fourth-order valence-corrected chi connectivity index (χ4v) is 1.39. The molecule has 0 saturated carbocycles. The van der Waals surface area contributed by atoms with Crippen molar-refractivity contribution < 1.29 is 9.15 Å². The van der Waals surface area contributed by atoms with Gasteiger partial charge in [-0.1, -0.05) is 0 Å². The van der Waals surface area contributed by atoms with Crippen LogP contribution in [0.3, 0.4) is 0 Å². The number of rotatable bonds is 4. The Hall–Kier alpha value is -1.31. The number of nitrogens with zero attached hydrogens (tertiary/aromatic N) is 1. The van der Waals surface area contributed by atoms with Crippen LogP contribution in [0.5, 0.6) is 0 Å². The van der Waals surface area contributed by atoms with Gasteiger partial charge in [-0.15, -0.1) is 0 Å². The molecule has 0 unspecified atom stereocenters. The van der Waals surface area contributed by atoms with E-state index in [-0.39, 0.29) is 5.41 Å². The molecule has 74 valence electrons. The molecule has 0 aromatic carbocycles. The fourth-order valence-electron chi connectivity index (χ4n) is 1.39. The van der Waals surface area contributed by atoms with Crippen LogP contribution in [-0.4, -0.2) is 19.8 Å². The highest BCUT2D eigenvalue weighted by molar-refractivity contribution is 5.06. The van der Waals surface area contributed by atoms with Crippen molar-refractivity contribution in [2.45, 2.75) is 6.54 Å². The summed E-state index contributed by atoms with van der Waals surface area (Å²) in [6, 6.07) is 6.03. The first-order chi connectivity index (χ1) is 6.85. The molecule has 2 heterocycles. The van der Waals surface area contributed by atoms with Gasteiger partial charge in [0.05, 0.1) is 32.1 Å². The molecule has 0 amide bonds. The third-order valence-electron chi connectivity index (χ3n) is 2.34. The van der Waals surface area contributed by atoms with Gasteiger partial charge >= 0.3 is 0 Å². The number of furan rings is 1. The summed E-state index contributed by atoms with van der Waals surface area (Å²) in [5.41, 5.74) is -0.313. The SMILES string of the molecule is N#CC1(CNCc2ccco2)COC1. The van der Waals surface area contributed by atoms with Crippen molar-refractivity contribution in [3.8, 4) is 6.07 Å². The van der Waals surface area contributed by atoms with Crippen molar-refractivity contribution in [3.05, 3.63) is 24.2 Å². The van der Waals surface area contributed by atoms with Crippen LogP contribution in [0.1, 0.15) is 5.76 Å². The summed E-state index contributed by atoms with van der Waals surface area (Å²) in [4.78, 5) is 0. The molecule has 1 aliphatic rings. The molecule has 1 aromatic rings. The third-order valence-corrected chi connectivity index (χ3v) is 2.34. The summed E-state index contributed by atoms with van der Waals surface area (Å²) in [6.07, 6.45) is 1.64. The minimum absolute atomic E-state index is 0.313. The molecule has 1 aromatic heterocycles. The maximum Gasteiger partial charge on any atom is 0.117 e. The molecule has 1 N–H and O–H groups in total. The van der Waals surface area contributed by atoms with E-state index in [1.807, 2.05) is 12.1 Å². The van der Waals surface area contributed by atoms with E-state index in [1.165, 1.54) is 0 Å². The van der Waals surface area contributed by atoms with Gasteiger partial charge in [-0.3, -0.25) is 0 Å².